The van der Waals surface area contributed by atoms with Crippen LogP contribution in [-0.4, -0.2) is 34.3 Å². The smallest absolute Gasteiger partial charge is 0.0645 e. The fraction of sp³-hybridized carbons (Fsp3) is 0.438. The summed E-state index contributed by atoms with van der Waals surface area (Å²) in [7, 11) is 2.18. The zero-order chi connectivity index (χ0) is 13.9. The summed E-state index contributed by atoms with van der Waals surface area (Å²) in [6.07, 6.45) is 6.43. The maximum atomic E-state index is 5.90. The minimum Gasteiger partial charge on any atom is -0.329 e. The first kappa shape index (κ1) is 13.3. The molecule has 2 N–H and O–H groups in total. The quantitative estimate of drug-likeness (QED) is 0.874. The first-order chi connectivity index (χ1) is 9.78. The van der Waals surface area contributed by atoms with Crippen molar-refractivity contribution in [1.29, 1.82) is 0 Å². The van der Waals surface area contributed by atoms with Crippen LogP contribution in [0.1, 0.15) is 18.4 Å². The highest BCUT2D eigenvalue weighted by atomic mass is 15.3. The first-order valence-electron chi connectivity index (χ1n) is 7.27. The van der Waals surface area contributed by atoms with Gasteiger partial charge in [0.05, 0.1) is 5.69 Å². The van der Waals surface area contributed by atoms with Gasteiger partial charge in [0.25, 0.3) is 0 Å². The lowest BCUT2D eigenvalue weighted by Crippen LogP contribution is -2.39. The van der Waals surface area contributed by atoms with Crippen LogP contribution in [0.2, 0.25) is 0 Å². The summed E-state index contributed by atoms with van der Waals surface area (Å²) in [6.45, 7) is 1.71. The molecule has 0 saturated heterocycles. The third-order valence-electron chi connectivity index (χ3n) is 4.11. The zero-order valence-corrected chi connectivity index (χ0v) is 11.9. The summed E-state index contributed by atoms with van der Waals surface area (Å²) < 4.78 is 1.88. The molecule has 1 atom stereocenters. The molecule has 1 saturated carbocycles. The van der Waals surface area contributed by atoms with Crippen LogP contribution < -0.4 is 5.73 Å². The summed E-state index contributed by atoms with van der Waals surface area (Å²) in [5, 5.41) is 4.24. The summed E-state index contributed by atoms with van der Waals surface area (Å²) >= 11 is 0. The monoisotopic (exact) mass is 270 g/mol. The van der Waals surface area contributed by atoms with E-state index in [1.807, 2.05) is 16.9 Å². The van der Waals surface area contributed by atoms with E-state index in [0.717, 1.165) is 24.7 Å². The molecule has 1 aliphatic rings. The Labute approximate surface area is 120 Å². The van der Waals surface area contributed by atoms with Crippen LogP contribution in [-0.2, 0) is 6.54 Å². The third-order valence-corrected chi connectivity index (χ3v) is 4.11. The van der Waals surface area contributed by atoms with Crippen molar-refractivity contribution in [3.63, 3.8) is 0 Å². The van der Waals surface area contributed by atoms with Gasteiger partial charge in [-0.25, -0.2) is 4.68 Å². The van der Waals surface area contributed by atoms with Crippen LogP contribution in [0.25, 0.3) is 5.69 Å². The van der Waals surface area contributed by atoms with Crippen LogP contribution in [0.15, 0.2) is 42.7 Å². The first-order valence-corrected chi connectivity index (χ1v) is 7.27. The standard InChI is InChI=1S/C16H22N4/c1-19(16(11-17)14-5-6-14)12-13-3-7-15(8-4-13)20-10-2-9-18-20/h2-4,7-10,14,16H,5-6,11-12,17H2,1H3. The Balaban J connectivity index is 1.65. The molecule has 20 heavy (non-hydrogen) atoms. The molecule has 3 rings (SSSR count). The zero-order valence-electron chi connectivity index (χ0n) is 11.9. The maximum Gasteiger partial charge on any atom is 0.0645 e. The lowest BCUT2D eigenvalue weighted by Gasteiger charge is -2.27. The highest BCUT2D eigenvalue weighted by Crippen LogP contribution is 2.34. The lowest BCUT2D eigenvalue weighted by atomic mass is 10.1. The van der Waals surface area contributed by atoms with E-state index in [1.165, 1.54) is 18.4 Å². The number of hydrogen-bond donors (Lipinski definition) is 1. The normalized spacial score (nSPS) is 16.6. The molecular weight excluding hydrogens is 248 g/mol. The van der Waals surface area contributed by atoms with Crippen LogP contribution in [0.3, 0.4) is 0 Å². The van der Waals surface area contributed by atoms with Gasteiger partial charge in [-0.1, -0.05) is 12.1 Å². The van der Waals surface area contributed by atoms with Gasteiger partial charge in [0, 0.05) is 31.5 Å². The van der Waals surface area contributed by atoms with Crippen molar-refractivity contribution in [2.24, 2.45) is 11.7 Å². The van der Waals surface area contributed by atoms with E-state index in [-0.39, 0.29) is 0 Å². The number of benzene rings is 1. The number of hydrogen-bond acceptors (Lipinski definition) is 3. The number of nitrogens with zero attached hydrogens (tertiary/aromatic N) is 3. The molecule has 1 fully saturated rings. The Hall–Kier alpha value is -1.65. The van der Waals surface area contributed by atoms with Crippen molar-refractivity contribution >= 4 is 0 Å². The van der Waals surface area contributed by atoms with Gasteiger partial charge in [0.2, 0.25) is 0 Å². The molecule has 1 aromatic heterocycles. The third kappa shape index (κ3) is 2.92. The molecule has 0 bridgehead atoms. The Kier molecular flexibility index (Phi) is 3.85. The predicted octanol–water partition coefficient (Wildman–Crippen LogP) is 2.04. The fourth-order valence-electron chi connectivity index (χ4n) is 2.79. The highest BCUT2D eigenvalue weighted by molar-refractivity contribution is 5.33. The summed E-state index contributed by atoms with van der Waals surface area (Å²) in [6, 6.07) is 11.0. The van der Waals surface area contributed by atoms with Crippen molar-refractivity contribution in [1.82, 2.24) is 14.7 Å². The van der Waals surface area contributed by atoms with Gasteiger partial charge in [0.1, 0.15) is 0 Å². The van der Waals surface area contributed by atoms with Gasteiger partial charge in [-0.2, -0.15) is 5.10 Å². The van der Waals surface area contributed by atoms with Gasteiger partial charge >= 0.3 is 0 Å². The molecule has 2 aromatic rings. The van der Waals surface area contributed by atoms with E-state index in [2.05, 4.69) is 41.3 Å². The predicted molar refractivity (Wildman–Crippen MR) is 80.6 cm³/mol. The van der Waals surface area contributed by atoms with Crippen molar-refractivity contribution in [3.05, 3.63) is 48.3 Å². The molecule has 0 spiro atoms. The van der Waals surface area contributed by atoms with Gasteiger partial charge < -0.3 is 5.73 Å². The van der Waals surface area contributed by atoms with Gasteiger partial charge in [-0.15, -0.1) is 0 Å². The van der Waals surface area contributed by atoms with E-state index in [4.69, 9.17) is 5.73 Å². The van der Waals surface area contributed by atoms with Gasteiger partial charge in [0.15, 0.2) is 0 Å². The van der Waals surface area contributed by atoms with Crippen molar-refractivity contribution in [2.75, 3.05) is 13.6 Å². The van der Waals surface area contributed by atoms with E-state index >= 15 is 0 Å². The number of likely N-dealkylation sites (N-methyl/N-ethyl adjacent to an activating group) is 1. The molecule has 1 aliphatic carbocycles. The van der Waals surface area contributed by atoms with E-state index in [0.29, 0.717) is 6.04 Å². The largest absolute Gasteiger partial charge is 0.329 e. The number of nitrogens with two attached hydrogens (primary N) is 1. The summed E-state index contributed by atoms with van der Waals surface area (Å²) in [5.74, 6) is 0.813. The van der Waals surface area contributed by atoms with E-state index < -0.39 is 0 Å². The summed E-state index contributed by atoms with van der Waals surface area (Å²) in [5.41, 5.74) is 8.32. The second-order valence-electron chi connectivity index (χ2n) is 5.67. The van der Waals surface area contributed by atoms with Crippen molar-refractivity contribution in [2.45, 2.75) is 25.4 Å². The van der Waals surface area contributed by atoms with Crippen LogP contribution in [0.5, 0.6) is 0 Å². The van der Waals surface area contributed by atoms with Crippen molar-refractivity contribution < 1.29 is 0 Å². The minimum absolute atomic E-state index is 0.529. The van der Waals surface area contributed by atoms with Gasteiger partial charge in [-0.05, 0) is 49.6 Å². The molecule has 1 aromatic carbocycles. The Morgan fingerprint density at radius 3 is 2.65 bits per heavy atom. The molecule has 106 valence electrons. The number of rotatable bonds is 6. The Morgan fingerprint density at radius 1 is 1.35 bits per heavy atom. The lowest BCUT2D eigenvalue weighted by molar-refractivity contribution is 0.215. The topological polar surface area (TPSA) is 47.1 Å². The average molecular weight is 270 g/mol. The second-order valence-corrected chi connectivity index (χ2v) is 5.67. The van der Waals surface area contributed by atoms with Crippen LogP contribution in [0, 0.1) is 5.92 Å². The van der Waals surface area contributed by atoms with Gasteiger partial charge in [-0.3, -0.25) is 4.90 Å². The Bertz CT molecular complexity index is 528. The molecular formula is C16H22N4. The molecule has 4 nitrogen and oxygen atoms in total. The SMILES string of the molecule is CN(Cc1ccc(-n2cccn2)cc1)C(CN)C1CC1. The van der Waals surface area contributed by atoms with Crippen LogP contribution >= 0.6 is 0 Å². The second kappa shape index (κ2) is 5.77. The van der Waals surface area contributed by atoms with Crippen molar-refractivity contribution in [3.8, 4) is 5.69 Å². The van der Waals surface area contributed by atoms with E-state index in [9.17, 15) is 0 Å². The summed E-state index contributed by atoms with van der Waals surface area (Å²) in [4.78, 5) is 2.39. The molecule has 4 heteroatoms. The highest BCUT2D eigenvalue weighted by Gasteiger charge is 2.32. The maximum absolute atomic E-state index is 5.90. The number of aromatic nitrogens is 2. The molecule has 1 heterocycles. The fourth-order valence-corrected chi connectivity index (χ4v) is 2.79. The molecule has 1 unspecified atom stereocenters. The van der Waals surface area contributed by atoms with E-state index in [1.54, 1.807) is 6.20 Å². The molecule has 0 aliphatic heterocycles. The average Bonchev–Trinajstić information content (AvgIpc) is 3.14. The van der Waals surface area contributed by atoms with Crippen LogP contribution in [0.4, 0.5) is 0 Å². The molecule has 0 radical (unpaired) electrons. The Morgan fingerprint density at radius 2 is 2.10 bits per heavy atom. The molecule has 0 amide bonds. The minimum atomic E-state index is 0.529.